The molecule has 1 saturated heterocycles. The van der Waals surface area contributed by atoms with E-state index >= 15 is 0 Å². The standard InChI is InChI=1S/C21H29N5O7S/c1-11(2)8-33-21(31)22-6-4-5-14-7-23-20(24-14)25-15-17(28)26-16(19(29)30)13(9-32-12(3)27)10-34-18(15)26/h7,11,15,18H,4-6,8-10H2,1-3H3,(H,22,31)(H,29,30)(H2,23,24,25)/t15?,18-/m1/s1. The Morgan fingerprint density at radius 3 is 2.79 bits per heavy atom. The van der Waals surface area contributed by atoms with E-state index in [2.05, 4.69) is 20.6 Å². The second kappa shape index (κ2) is 11.3. The van der Waals surface area contributed by atoms with Crippen LogP contribution in [-0.4, -0.2) is 80.8 Å². The molecule has 0 spiro atoms. The quantitative estimate of drug-likeness (QED) is 0.200. The van der Waals surface area contributed by atoms with E-state index in [1.807, 2.05) is 13.8 Å². The summed E-state index contributed by atoms with van der Waals surface area (Å²) in [5.74, 6) is -1.13. The van der Waals surface area contributed by atoms with Crippen molar-refractivity contribution in [3.05, 3.63) is 23.2 Å². The monoisotopic (exact) mass is 495 g/mol. The smallest absolute Gasteiger partial charge is 0.407 e. The molecule has 0 aromatic carbocycles. The molecule has 3 rings (SSSR count). The van der Waals surface area contributed by atoms with Crippen molar-refractivity contribution < 1.29 is 33.8 Å². The molecule has 34 heavy (non-hydrogen) atoms. The second-order valence-corrected chi connectivity index (χ2v) is 9.45. The summed E-state index contributed by atoms with van der Waals surface area (Å²) in [6.45, 7) is 5.82. The van der Waals surface area contributed by atoms with E-state index in [-0.39, 0.29) is 18.2 Å². The first-order valence-electron chi connectivity index (χ1n) is 10.9. The Morgan fingerprint density at radius 1 is 1.35 bits per heavy atom. The summed E-state index contributed by atoms with van der Waals surface area (Å²) >= 11 is 1.39. The third-order valence-corrected chi connectivity index (χ3v) is 6.40. The second-order valence-electron chi connectivity index (χ2n) is 8.35. The first-order chi connectivity index (χ1) is 16.2. The van der Waals surface area contributed by atoms with Crippen molar-refractivity contribution in [1.82, 2.24) is 20.2 Å². The lowest BCUT2D eigenvalue weighted by atomic mass is 10.0. The van der Waals surface area contributed by atoms with Crippen LogP contribution in [0.5, 0.6) is 0 Å². The molecule has 2 amide bonds. The Bertz CT molecular complexity index is 976. The number of aliphatic carboxylic acids is 1. The summed E-state index contributed by atoms with van der Waals surface area (Å²) in [7, 11) is 0. The van der Waals surface area contributed by atoms with Crippen LogP contribution >= 0.6 is 11.8 Å². The minimum absolute atomic E-state index is 0.132. The van der Waals surface area contributed by atoms with E-state index < -0.39 is 35.4 Å². The number of aromatic nitrogens is 2. The van der Waals surface area contributed by atoms with Gasteiger partial charge in [0.1, 0.15) is 23.7 Å². The van der Waals surface area contributed by atoms with E-state index in [1.54, 1.807) is 6.20 Å². The molecule has 1 aromatic rings. The van der Waals surface area contributed by atoms with Gasteiger partial charge in [0.2, 0.25) is 5.95 Å². The number of rotatable bonds is 11. The van der Waals surface area contributed by atoms with Crippen molar-refractivity contribution in [2.45, 2.75) is 45.0 Å². The zero-order chi connectivity index (χ0) is 24.8. The molecular weight excluding hydrogens is 466 g/mol. The van der Waals surface area contributed by atoms with Crippen molar-refractivity contribution in [1.29, 1.82) is 0 Å². The van der Waals surface area contributed by atoms with Gasteiger partial charge in [-0.2, -0.15) is 0 Å². The highest BCUT2D eigenvalue weighted by Crippen LogP contribution is 2.41. The van der Waals surface area contributed by atoms with Gasteiger partial charge in [-0.1, -0.05) is 13.8 Å². The summed E-state index contributed by atoms with van der Waals surface area (Å²) in [5.41, 5.74) is 1.08. The number of β-lactam (4-membered cyclic amide) rings is 1. The van der Waals surface area contributed by atoms with Crippen LogP contribution in [0.15, 0.2) is 17.5 Å². The van der Waals surface area contributed by atoms with Crippen LogP contribution in [0, 0.1) is 5.92 Å². The number of H-pyrrole nitrogens is 1. The summed E-state index contributed by atoms with van der Waals surface area (Å²) in [6.07, 6.45) is 2.51. The topological polar surface area (TPSA) is 163 Å². The predicted octanol–water partition coefficient (Wildman–Crippen LogP) is 1.32. The fraction of sp³-hybridized carbons (Fsp3) is 0.571. The van der Waals surface area contributed by atoms with Crippen LogP contribution < -0.4 is 10.6 Å². The van der Waals surface area contributed by atoms with Gasteiger partial charge in [0.15, 0.2) is 0 Å². The summed E-state index contributed by atoms with van der Waals surface area (Å²) in [5, 5.41) is 14.9. The van der Waals surface area contributed by atoms with Crippen LogP contribution in [0.2, 0.25) is 0 Å². The average Bonchev–Trinajstić information content (AvgIpc) is 3.24. The fourth-order valence-corrected chi connectivity index (χ4v) is 4.78. The number of aryl methyl sites for hydroxylation is 1. The van der Waals surface area contributed by atoms with E-state index in [1.165, 1.54) is 23.6 Å². The number of imidazole rings is 1. The third kappa shape index (κ3) is 6.22. The molecular formula is C21H29N5O7S. The molecule has 13 heteroatoms. The summed E-state index contributed by atoms with van der Waals surface area (Å²) in [4.78, 5) is 55.7. The zero-order valence-corrected chi connectivity index (χ0v) is 20.1. The van der Waals surface area contributed by atoms with Crippen molar-refractivity contribution in [3.8, 4) is 0 Å². The number of carbonyl (C=O) groups is 4. The molecule has 3 heterocycles. The van der Waals surface area contributed by atoms with Gasteiger partial charge in [0.05, 0.1) is 12.8 Å². The number of aromatic amines is 1. The number of nitrogens with zero attached hydrogens (tertiary/aromatic N) is 2. The van der Waals surface area contributed by atoms with Gasteiger partial charge in [0.25, 0.3) is 5.91 Å². The molecule has 186 valence electrons. The van der Waals surface area contributed by atoms with E-state index in [0.717, 1.165) is 5.69 Å². The number of carbonyl (C=O) groups excluding carboxylic acids is 3. The lowest BCUT2D eigenvalue weighted by molar-refractivity contribution is -0.147. The maximum Gasteiger partial charge on any atom is 0.407 e. The highest BCUT2D eigenvalue weighted by Gasteiger charge is 2.54. The average molecular weight is 496 g/mol. The van der Waals surface area contributed by atoms with Crippen molar-refractivity contribution in [2.75, 3.05) is 30.8 Å². The number of hydrogen-bond donors (Lipinski definition) is 4. The molecule has 2 aliphatic heterocycles. The largest absolute Gasteiger partial charge is 0.477 e. The third-order valence-electron chi connectivity index (χ3n) is 5.06. The molecule has 0 radical (unpaired) electrons. The maximum atomic E-state index is 12.7. The Balaban J connectivity index is 1.50. The minimum Gasteiger partial charge on any atom is -0.477 e. The number of carboxylic acid groups (broad SMARTS) is 1. The molecule has 0 saturated carbocycles. The summed E-state index contributed by atoms with van der Waals surface area (Å²) in [6, 6.07) is -0.633. The number of fused-ring (bicyclic) bond motifs is 1. The van der Waals surface area contributed by atoms with Crippen molar-refractivity contribution in [3.63, 3.8) is 0 Å². The molecule has 0 aliphatic carbocycles. The molecule has 0 bridgehead atoms. The molecule has 1 unspecified atom stereocenters. The number of hydrogen-bond acceptors (Lipinski definition) is 9. The highest BCUT2D eigenvalue weighted by atomic mass is 32.2. The van der Waals surface area contributed by atoms with Gasteiger partial charge in [-0.3, -0.25) is 14.5 Å². The SMILES string of the molecule is CC(=O)OCC1=C(C(=O)O)N2C(=O)C(Nc3ncc(CCCNC(=O)OCC(C)C)[nH]3)[C@H]2SC1. The van der Waals surface area contributed by atoms with E-state index in [0.29, 0.717) is 43.3 Å². The normalized spacial score (nSPS) is 19.4. The Labute approximate surface area is 200 Å². The molecule has 1 aromatic heterocycles. The van der Waals surface area contributed by atoms with Gasteiger partial charge in [0, 0.05) is 30.5 Å². The Kier molecular flexibility index (Phi) is 8.42. The van der Waals surface area contributed by atoms with Crippen LogP contribution in [-0.2, 0) is 30.3 Å². The number of anilines is 1. The number of ether oxygens (including phenoxy) is 2. The first kappa shape index (κ1) is 25.4. The fourth-order valence-electron chi connectivity index (χ4n) is 3.45. The lowest BCUT2D eigenvalue weighted by Crippen LogP contribution is -2.67. The zero-order valence-electron chi connectivity index (χ0n) is 19.3. The lowest BCUT2D eigenvalue weighted by Gasteiger charge is -2.49. The highest BCUT2D eigenvalue weighted by molar-refractivity contribution is 8.00. The van der Waals surface area contributed by atoms with Gasteiger partial charge >= 0.3 is 18.0 Å². The Hall–Kier alpha value is -3.22. The number of carboxylic acids is 1. The predicted molar refractivity (Wildman–Crippen MR) is 123 cm³/mol. The molecule has 2 aliphatic rings. The van der Waals surface area contributed by atoms with Gasteiger partial charge in [-0.25, -0.2) is 14.6 Å². The minimum atomic E-state index is -1.23. The summed E-state index contributed by atoms with van der Waals surface area (Å²) < 4.78 is 9.98. The van der Waals surface area contributed by atoms with Gasteiger partial charge < -0.3 is 30.2 Å². The molecule has 4 N–H and O–H groups in total. The molecule has 2 atom stereocenters. The number of nitrogens with one attached hydrogen (secondary N) is 3. The van der Waals surface area contributed by atoms with E-state index in [4.69, 9.17) is 9.47 Å². The molecule has 12 nitrogen and oxygen atoms in total. The molecule has 1 fully saturated rings. The maximum absolute atomic E-state index is 12.7. The first-order valence-corrected chi connectivity index (χ1v) is 12.0. The number of alkyl carbamates (subject to hydrolysis) is 1. The van der Waals surface area contributed by atoms with Crippen molar-refractivity contribution >= 4 is 41.6 Å². The van der Waals surface area contributed by atoms with Crippen LogP contribution in [0.25, 0.3) is 0 Å². The number of amides is 2. The van der Waals surface area contributed by atoms with Gasteiger partial charge in [-0.05, 0) is 18.8 Å². The van der Waals surface area contributed by atoms with E-state index in [9.17, 15) is 24.3 Å². The number of thioether (sulfide) groups is 1. The van der Waals surface area contributed by atoms with Crippen molar-refractivity contribution in [2.24, 2.45) is 5.92 Å². The Morgan fingerprint density at radius 2 is 2.12 bits per heavy atom. The van der Waals surface area contributed by atoms with Crippen LogP contribution in [0.4, 0.5) is 10.7 Å². The van der Waals surface area contributed by atoms with Crippen LogP contribution in [0.3, 0.4) is 0 Å². The number of esters is 1. The van der Waals surface area contributed by atoms with Crippen LogP contribution in [0.1, 0.15) is 32.9 Å². The van der Waals surface area contributed by atoms with Gasteiger partial charge in [-0.15, -0.1) is 11.8 Å².